The van der Waals surface area contributed by atoms with E-state index in [1.54, 1.807) is 12.1 Å². The van der Waals surface area contributed by atoms with Gasteiger partial charge in [-0.15, -0.1) is 0 Å². The van der Waals surface area contributed by atoms with Gasteiger partial charge in [-0.05, 0) is 26.0 Å². The maximum atomic E-state index is 14.2. The van der Waals surface area contributed by atoms with Crippen LogP contribution in [0.5, 0.6) is 0 Å². The highest BCUT2D eigenvalue weighted by molar-refractivity contribution is 6.30. The van der Waals surface area contributed by atoms with Crippen LogP contribution in [0.25, 0.3) is 0 Å². The molecule has 1 aliphatic rings. The Bertz CT molecular complexity index is 441. The first kappa shape index (κ1) is 14.7. The molecule has 2 unspecified atom stereocenters. The summed E-state index contributed by atoms with van der Waals surface area (Å²) >= 11 is 5.82. The second-order valence-electron chi connectivity index (χ2n) is 5.09. The number of ether oxygens (including phenoxy) is 1. The fourth-order valence-corrected chi connectivity index (χ4v) is 2.81. The SMILES string of the molecule is CC(C)N1CCOC(CN)C1c1ccc(Cl)cc1F. The Hall–Kier alpha value is -0.680. The highest BCUT2D eigenvalue weighted by Gasteiger charge is 2.35. The Balaban J connectivity index is 2.39. The lowest BCUT2D eigenvalue weighted by molar-refractivity contribution is -0.0799. The summed E-state index contributed by atoms with van der Waals surface area (Å²) in [4.78, 5) is 2.23. The zero-order chi connectivity index (χ0) is 14.0. The van der Waals surface area contributed by atoms with E-state index in [1.807, 2.05) is 0 Å². The van der Waals surface area contributed by atoms with Gasteiger partial charge >= 0.3 is 0 Å². The number of benzene rings is 1. The van der Waals surface area contributed by atoms with Crippen LogP contribution in [0.2, 0.25) is 5.02 Å². The quantitative estimate of drug-likeness (QED) is 0.928. The molecule has 19 heavy (non-hydrogen) atoms. The van der Waals surface area contributed by atoms with Crippen molar-refractivity contribution in [3.63, 3.8) is 0 Å². The van der Waals surface area contributed by atoms with Gasteiger partial charge in [0.1, 0.15) is 5.82 Å². The van der Waals surface area contributed by atoms with Gasteiger partial charge in [-0.25, -0.2) is 4.39 Å². The van der Waals surface area contributed by atoms with Gasteiger partial charge in [0.05, 0.1) is 18.8 Å². The number of nitrogens with two attached hydrogens (primary N) is 1. The van der Waals surface area contributed by atoms with Crippen molar-refractivity contribution in [3.05, 3.63) is 34.6 Å². The third-order valence-electron chi connectivity index (χ3n) is 3.57. The fraction of sp³-hybridized carbons (Fsp3) is 0.571. The summed E-state index contributed by atoms with van der Waals surface area (Å²) in [6, 6.07) is 4.93. The molecule has 1 heterocycles. The summed E-state index contributed by atoms with van der Waals surface area (Å²) in [6.07, 6.45) is -0.188. The standard InChI is InChI=1S/C14H20ClFN2O/c1-9(2)18-5-6-19-13(8-17)14(18)11-4-3-10(15)7-12(11)16/h3-4,7,9,13-14H,5-6,8,17H2,1-2H3. The summed E-state index contributed by atoms with van der Waals surface area (Å²) in [5.74, 6) is -0.299. The Morgan fingerprint density at radius 3 is 2.84 bits per heavy atom. The topological polar surface area (TPSA) is 38.5 Å². The van der Waals surface area contributed by atoms with Crippen molar-refractivity contribution in [2.45, 2.75) is 32.0 Å². The average Bonchev–Trinajstić information content (AvgIpc) is 2.38. The predicted molar refractivity (Wildman–Crippen MR) is 74.8 cm³/mol. The monoisotopic (exact) mass is 286 g/mol. The van der Waals surface area contributed by atoms with Gasteiger partial charge in [0.25, 0.3) is 0 Å². The second-order valence-corrected chi connectivity index (χ2v) is 5.52. The molecule has 2 N–H and O–H groups in total. The number of nitrogens with zero attached hydrogens (tertiary/aromatic N) is 1. The molecule has 106 valence electrons. The number of morpholine rings is 1. The average molecular weight is 287 g/mol. The van der Waals surface area contributed by atoms with Crippen molar-refractivity contribution in [1.29, 1.82) is 0 Å². The zero-order valence-corrected chi connectivity index (χ0v) is 12.0. The van der Waals surface area contributed by atoms with E-state index in [1.165, 1.54) is 6.07 Å². The van der Waals surface area contributed by atoms with Crippen LogP contribution in [-0.4, -0.2) is 36.7 Å². The molecule has 0 saturated carbocycles. The van der Waals surface area contributed by atoms with Crippen LogP contribution in [0.4, 0.5) is 4.39 Å². The van der Waals surface area contributed by atoms with E-state index in [0.29, 0.717) is 29.8 Å². The summed E-state index contributed by atoms with van der Waals surface area (Å²) in [7, 11) is 0. The minimum atomic E-state index is -0.299. The van der Waals surface area contributed by atoms with Gasteiger partial charge < -0.3 is 10.5 Å². The van der Waals surface area contributed by atoms with Gasteiger partial charge in [-0.2, -0.15) is 0 Å². The molecule has 1 fully saturated rings. The first-order valence-corrected chi connectivity index (χ1v) is 6.94. The highest BCUT2D eigenvalue weighted by atomic mass is 35.5. The Kier molecular flexibility index (Phi) is 4.79. The predicted octanol–water partition coefficient (Wildman–Crippen LogP) is 2.59. The van der Waals surface area contributed by atoms with Crippen LogP contribution < -0.4 is 5.73 Å². The first-order valence-electron chi connectivity index (χ1n) is 6.57. The van der Waals surface area contributed by atoms with Crippen LogP contribution in [-0.2, 0) is 4.74 Å². The summed E-state index contributed by atoms with van der Waals surface area (Å²) in [6.45, 7) is 5.97. The third kappa shape index (κ3) is 3.08. The molecular weight excluding hydrogens is 267 g/mol. The number of hydrogen-bond donors (Lipinski definition) is 1. The molecule has 0 bridgehead atoms. The molecule has 0 aliphatic carbocycles. The molecule has 2 atom stereocenters. The minimum absolute atomic E-state index is 0.156. The van der Waals surface area contributed by atoms with E-state index in [4.69, 9.17) is 22.1 Å². The van der Waals surface area contributed by atoms with E-state index in [9.17, 15) is 4.39 Å². The molecule has 5 heteroatoms. The molecule has 0 amide bonds. The molecule has 1 aromatic carbocycles. The van der Waals surface area contributed by atoms with Crippen LogP contribution >= 0.6 is 11.6 Å². The second kappa shape index (κ2) is 6.18. The lowest BCUT2D eigenvalue weighted by Gasteiger charge is -2.43. The molecule has 0 aromatic heterocycles. The normalized spacial score (nSPS) is 24.9. The Morgan fingerprint density at radius 1 is 1.53 bits per heavy atom. The highest BCUT2D eigenvalue weighted by Crippen LogP contribution is 2.33. The van der Waals surface area contributed by atoms with Crippen molar-refractivity contribution < 1.29 is 9.13 Å². The summed E-state index contributed by atoms with van der Waals surface area (Å²) in [5, 5.41) is 0.401. The lowest BCUT2D eigenvalue weighted by atomic mass is 9.96. The lowest BCUT2D eigenvalue weighted by Crippen LogP contribution is -2.51. The minimum Gasteiger partial charge on any atom is -0.374 e. The molecule has 1 aliphatic heterocycles. The van der Waals surface area contributed by atoms with Crippen molar-refractivity contribution in [1.82, 2.24) is 4.90 Å². The number of hydrogen-bond acceptors (Lipinski definition) is 3. The van der Waals surface area contributed by atoms with Crippen LogP contribution in [0.15, 0.2) is 18.2 Å². The van der Waals surface area contributed by atoms with Gasteiger partial charge in [0.2, 0.25) is 0 Å². The van der Waals surface area contributed by atoms with E-state index in [2.05, 4.69) is 18.7 Å². The first-order chi connectivity index (χ1) is 9.04. The van der Waals surface area contributed by atoms with Crippen molar-refractivity contribution in [2.24, 2.45) is 5.73 Å². The third-order valence-corrected chi connectivity index (χ3v) is 3.80. The Morgan fingerprint density at radius 2 is 2.26 bits per heavy atom. The molecule has 0 radical (unpaired) electrons. The number of rotatable bonds is 3. The van der Waals surface area contributed by atoms with Crippen molar-refractivity contribution >= 4 is 11.6 Å². The Labute approximate surface area is 118 Å². The van der Waals surface area contributed by atoms with Crippen LogP contribution in [0.3, 0.4) is 0 Å². The molecule has 1 saturated heterocycles. The molecule has 3 nitrogen and oxygen atoms in total. The van der Waals surface area contributed by atoms with E-state index in [-0.39, 0.29) is 18.0 Å². The summed E-state index contributed by atoms with van der Waals surface area (Å²) < 4.78 is 19.9. The summed E-state index contributed by atoms with van der Waals surface area (Å²) in [5.41, 5.74) is 6.38. The zero-order valence-electron chi connectivity index (χ0n) is 11.3. The smallest absolute Gasteiger partial charge is 0.129 e. The van der Waals surface area contributed by atoms with Gasteiger partial charge in [-0.1, -0.05) is 17.7 Å². The van der Waals surface area contributed by atoms with Crippen molar-refractivity contribution in [3.8, 4) is 0 Å². The van der Waals surface area contributed by atoms with E-state index in [0.717, 1.165) is 6.54 Å². The van der Waals surface area contributed by atoms with Gasteiger partial charge in [-0.3, -0.25) is 4.90 Å². The molecular formula is C14H20ClFN2O. The maximum absolute atomic E-state index is 14.2. The largest absolute Gasteiger partial charge is 0.374 e. The van der Waals surface area contributed by atoms with Gasteiger partial charge in [0.15, 0.2) is 0 Å². The van der Waals surface area contributed by atoms with Crippen LogP contribution in [0, 0.1) is 5.82 Å². The maximum Gasteiger partial charge on any atom is 0.129 e. The molecule has 2 rings (SSSR count). The van der Waals surface area contributed by atoms with E-state index >= 15 is 0 Å². The van der Waals surface area contributed by atoms with E-state index < -0.39 is 0 Å². The molecule has 1 aromatic rings. The molecule has 0 spiro atoms. The van der Waals surface area contributed by atoms with Crippen LogP contribution in [0.1, 0.15) is 25.5 Å². The fourth-order valence-electron chi connectivity index (χ4n) is 2.65. The van der Waals surface area contributed by atoms with Gasteiger partial charge in [0, 0.05) is 29.7 Å². The number of halogens is 2. The van der Waals surface area contributed by atoms with Crippen molar-refractivity contribution in [2.75, 3.05) is 19.7 Å².